The van der Waals surface area contributed by atoms with Crippen molar-refractivity contribution in [3.05, 3.63) is 64.2 Å². The van der Waals surface area contributed by atoms with E-state index < -0.39 is 0 Å². The lowest BCUT2D eigenvalue weighted by Gasteiger charge is -2.32. The molecule has 2 aromatic rings. The highest BCUT2D eigenvalue weighted by Gasteiger charge is 2.27. The number of benzene rings is 2. The fraction of sp³-hybridized carbons (Fsp3) is 0.588. The number of rotatable bonds is 8. The minimum Gasteiger partial charge on any atom is -0.490 e. The summed E-state index contributed by atoms with van der Waals surface area (Å²) in [5, 5.41) is 16.7. The van der Waals surface area contributed by atoms with Gasteiger partial charge >= 0.3 is 0 Å². The summed E-state index contributed by atoms with van der Waals surface area (Å²) in [4.78, 5) is 0. The molecule has 0 radical (unpaired) electrons. The van der Waals surface area contributed by atoms with Crippen molar-refractivity contribution in [3.63, 3.8) is 0 Å². The van der Waals surface area contributed by atoms with Gasteiger partial charge in [-0.05, 0) is 80.2 Å². The number of hydrogen-bond acceptors (Lipinski definition) is 7. The second-order valence-corrected chi connectivity index (χ2v) is 12.5. The van der Waals surface area contributed by atoms with E-state index in [1.165, 1.54) is 42.4 Å². The Morgan fingerprint density at radius 1 is 1.15 bits per heavy atom. The molecule has 0 N–H and O–H groups in total. The Kier molecular flexibility index (Phi) is 18.6. The van der Waals surface area contributed by atoms with Crippen LogP contribution in [0.25, 0.3) is 0 Å². The molecule has 41 heavy (non-hydrogen) atoms. The fourth-order valence-corrected chi connectivity index (χ4v) is 5.71. The third kappa shape index (κ3) is 12.3. The normalized spacial score (nSPS) is 15.3. The van der Waals surface area contributed by atoms with Crippen LogP contribution in [0.1, 0.15) is 94.5 Å². The van der Waals surface area contributed by atoms with Crippen molar-refractivity contribution in [2.24, 2.45) is 11.0 Å². The van der Waals surface area contributed by atoms with Crippen LogP contribution in [0, 0.1) is 17.2 Å². The van der Waals surface area contributed by atoms with Crippen LogP contribution in [-0.4, -0.2) is 55.4 Å². The first-order valence-electron chi connectivity index (χ1n) is 15.0. The predicted molar refractivity (Wildman–Crippen MR) is 182 cm³/mol. The molecule has 1 aliphatic carbocycles. The zero-order valence-electron chi connectivity index (χ0n) is 27.1. The number of thioether (sulfide) groups is 2. The number of hydrogen-bond donors (Lipinski definition) is 0. The number of fused-ring (bicyclic) bond motifs is 1. The molecular formula is C34H53N3O2S2. The third-order valence-corrected chi connectivity index (χ3v) is 8.44. The zero-order valence-corrected chi connectivity index (χ0v) is 28.8. The van der Waals surface area contributed by atoms with Crippen molar-refractivity contribution in [1.82, 2.24) is 5.01 Å². The van der Waals surface area contributed by atoms with Gasteiger partial charge in [0.25, 0.3) is 0 Å². The lowest BCUT2D eigenvalue weighted by molar-refractivity contribution is 0.219. The molecule has 2 aliphatic rings. The molecule has 4 rings (SSSR count). The van der Waals surface area contributed by atoms with Crippen molar-refractivity contribution >= 4 is 29.2 Å². The molecule has 0 aromatic heterocycles. The van der Waals surface area contributed by atoms with E-state index >= 15 is 0 Å². The highest BCUT2D eigenvalue weighted by Crippen LogP contribution is 2.40. The zero-order chi connectivity index (χ0) is 30.8. The van der Waals surface area contributed by atoms with Crippen molar-refractivity contribution in [2.45, 2.75) is 85.6 Å². The van der Waals surface area contributed by atoms with E-state index in [0.29, 0.717) is 11.3 Å². The van der Waals surface area contributed by atoms with E-state index in [0.717, 1.165) is 35.3 Å². The molecule has 0 fully saturated rings. The molecular weight excluding hydrogens is 547 g/mol. The van der Waals surface area contributed by atoms with Crippen LogP contribution in [0.4, 0.5) is 0 Å². The molecule has 7 heteroatoms. The maximum atomic E-state index is 9.50. The highest BCUT2D eigenvalue weighted by atomic mass is 32.2. The average molecular weight is 600 g/mol. The van der Waals surface area contributed by atoms with Crippen LogP contribution in [0.3, 0.4) is 0 Å². The molecule has 2 aromatic carbocycles. The van der Waals surface area contributed by atoms with Gasteiger partial charge in [0.15, 0.2) is 0 Å². The highest BCUT2D eigenvalue weighted by molar-refractivity contribution is 8.00. The Morgan fingerprint density at radius 3 is 2.39 bits per heavy atom. The van der Waals surface area contributed by atoms with Gasteiger partial charge in [0.1, 0.15) is 17.2 Å². The van der Waals surface area contributed by atoms with E-state index in [-0.39, 0.29) is 11.5 Å². The molecule has 228 valence electrons. The number of methoxy groups -OCH3 is 1. The smallest absolute Gasteiger partial charge is 0.137 e. The van der Waals surface area contributed by atoms with Crippen LogP contribution in [0.15, 0.2) is 41.5 Å². The average Bonchev–Trinajstić information content (AvgIpc) is 3.47. The summed E-state index contributed by atoms with van der Waals surface area (Å²) in [6, 6.07) is 14.7. The van der Waals surface area contributed by atoms with Crippen molar-refractivity contribution in [2.75, 3.05) is 38.5 Å². The lowest BCUT2D eigenvalue weighted by Crippen LogP contribution is -2.27. The Balaban J connectivity index is 0.000000546. The molecule has 1 unspecified atom stereocenters. The summed E-state index contributed by atoms with van der Waals surface area (Å²) in [5.41, 5.74) is 6.98. The number of hydrazone groups is 1. The van der Waals surface area contributed by atoms with Gasteiger partial charge in [0.05, 0.1) is 24.0 Å². The first kappa shape index (κ1) is 36.9. The van der Waals surface area contributed by atoms with Gasteiger partial charge in [-0.3, -0.25) is 5.01 Å². The Hall–Kier alpha value is -2.14. The molecule has 1 heterocycles. The number of nitrogens with zero attached hydrogens (tertiary/aromatic N) is 3. The van der Waals surface area contributed by atoms with Crippen LogP contribution >= 0.6 is 23.5 Å². The van der Waals surface area contributed by atoms with Gasteiger partial charge in [-0.2, -0.15) is 22.1 Å². The Labute approximate surface area is 259 Å². The Morgan fingerprint density at radius 2 is 1.85 bits per heavy atom. The van der Waals surface area contributed by atoms with Gasteiger partial charge in [-0.25, -0.2) is 0 Å². The molecule has 1 atom stereocenters. The SMILES string of the molecule is CC.CC(C)Oc1ccc(C2=NN(C)C(c3cccc4c3CCC4)SC2)cc1C#N.CCC(C)C.COCCSC. The van der Waals surface area contributed by atoms with E-state index in [1.807, 2.05) is 64.7 Å². The first-order chi connectivity index (χ1) is 19.7. The maximum absolute atomic E-state index is 9.50. The molecule has 0 saturated carbocycles. The van der Waals surface area contributed by atoms with Crippen LogP contribution in [-0.2, 0) is 17.6 Å². The summed E-state index contributed by atoms with van der Waals surface area (Å²) in [6.07, 6.45) is 7.04. The number of aryl methyl sites for hydroxylation is 1. The van der Waals surface area contributed by atoms with Gasteiger partial charge in [-0.1, -0.05) is 59.2 Å². The van der Waals surface area contributed by atoms with Crippen LogP contribution in [0.5, 0.6) is 5.75 Å². The molecule has 0 saturated heterocycles. The van der Waals surface area contributed by atoms with Crippen molar-refractivity contribution < 1.29 is 9.47 Å². The van der Waals surface area contributed by atoms with Gasteiger partial charge in [0, 0.05) is 31.2 Å². The van der Waals surface area contributed by atoms with Gasteiger partial charge in [-0.15, -0.1) is 11.8 Å². The van der Waals surface area contributed by atoms with Gasteiger partial charge in [0.2, 0.25) is 0 Å². The second kappa shape index (κ2) is 20.7. The standard InChI is InChI=1S/C23H25N3OS.C5H12.C4H10OS.C2H6/c1-15(2)27-22-11-10-17(12-18(22)13-24)21-14-28-23(26(3)25-21)20-9-5-7-16-6-4-8-19(16)20;1-4-5(2)3;1-5-3-4-6-2;1-2/h5,7,9-12,15,23H,4,6,8,14H2,1-3H3;5H,4H2,1-3H3;3-4H2,1-2H3;1-2H3. The predicted octanol–water partition coefficient (Wildman–Crippen LogP) is 8.99. The maximum Gasteiger partial charge on any atom is 0.137 e. The summed E-state index contributed by atoms with van der Waals surface area (Å²) < 4.78 is 10.5. The van der Waals surface area contributed by atoms with E-state index in [2.05, 4.69) is 56.3 Å². The monoisotopic (exact) mass is 599 g/mol. The Bertz CT molecular complexity index is 1090. The quantitative estimate of drug-likeness (QED) is 0.282. The van der Waals surface area contributed by atoms with E-state index in [1.54, 1.807) is 18.9 Å². The fourth-order valence-electron chi connectivity index (χ4n) is 4.17. The van der Waals surface area contributed by atoms with Crippen molar-refractivity contribution in [3.8, 4) is 11.8 Å². The van der Waals surface area contributed by atoms with Crippen molar-refractivity contribution in [1.29, 1.82) is 5.26 Å². The van der Waals surface area contributed by atoms with E-state index in [4.69, 9.17) is 14.6 Å². The second-order valence-electron chi connectivity index (χ2n) is 10.4. The van der Waals surface area contributed by atoms with Gasteiger partial charge < -0.3 is 9.47 Å². The largest absolute Gasteiger partial charge is 0.490 e. The number of nitriles is 1. The van der Waals surface area contributed by atoms with Crippen LogP contribution in [0.2, 0.25) is 0 Å². The third-order valence-electron chi connectivity index (χ3n) is 6.55. The van der Waals surface area contributed by atoms with E-state index in [9.17, 15) is 5.26 Å². The summed E-state index contributed by atoms with van der Waals surface area (Å²) in [5.74, 6) is 3.45. The molecule has 0 spiro atoms. The number of ether oxygens (including phenoxy) is 2. The minimum absolute atomic E-state index is 0.0417. The molecule has 1 aliphatic heterocycles. The van der Waals surface area contributed by atoms with Crippen LogP contribution < -0.4 is 4.74 Å². The minimum atomic E-state index is 0.0417. The summed E-state index contributed by atoms with van der Waals surface area (Å²) in [7, 11) is 3.77. The molecule has 0 amide bonds. The molecule has 0 bridgehead atoms. The first-order valence-corrected chi connectivity index (χ1v) is 17.4. The molecule has 5 nitrogen and oxygen atoms in total. The summed E-state index contributed by atoms with van der Waals surface area (Å²) in [6.45, 7) is 15.4. The summed E-state index contributed by atoms with van der Waals surface area (Å²) >= 11 is 3.70. The lowest BCUT2D eigenvalue weighted by atomic mass is 10.0. The topological polar surface area (TPSA) is 57.8 Å².